The van der Waals surface area contributed by atoms with Crippen LogP contribution in [0.4, 0.5) is 0 Å². The van der Waals surface area contributed by atoms with E-state index in [-0.39, 0.29) is 12.3 Å². The lowest BCUT2D eigenvalue weighted by Gasteiger charge is -2.18. The summed E-state index contributed by atoms with van der Waals surface area (Å²) in [4.78, 5) is 32.9. The van der Waals surface area contributed by atoms with E-state index in [4.69, 9.17) is 5.11 Å². The number of carbonyl (C=O) groups is 2. The van der Waals surface area contributed by atoms with Gasteiger partial charge in [0.25, 0.3) is 5.91 Å². The van der Waals surface area contributed by atoms with E-state index in [0.29, 0.717) is 17.1 Å². The Morgan fingerprint density at radius 3 is 2.46 bits per heavy atom. The molecule has 0 fully saturated rings. The molecule has 0 bridgehead atoms. The number of carbonyl (C=O) groups excluding carboxylic acids is 1. The van der Waals surface area contributed by atoms with Gasteiger partial charge in [-0.15, -0.1) is 11.8 Å². The van der Waals surface area contributed by atoms with Crippen LogP contribution in [0.15, 0.2) is 35.4 Å². The van der Waals surface area contributed by atoms with E-state index in [2.05, 4.69) is 15.3 Å². The van der Waals surface area contributed by atoms with Crippen LogP contribution in [-0.4, -0.2) is 33.2 Å². The fraction of sp³-hybridized carbons (Fsp3) is 0.294. The van der Waals surface area contributed by atoms with Crippen LogP contribution in [0.5, 0.6) is 0 Å². The number of aromatic nitrogens is 2. The zero-order valence-corrected chi connectivity index (χ0v) is 14.6. The number of nitrogens with zero attached hydrogens (tertiary/aromatic N) is 2. The molecule has 1 heterocycles. The Morgan fingerprint density at radius 2 is 1.92 bits per heavy atom. The molecule has 0 aliphatic rings. The van der Waals surface area contributed by atoms with E-state index < -0.39 is 12.0 Å². The van der Waals surface area contributed by atoms with E-state index in [1.165, 1.54) is 6.20 Å². The molecule has 0 saturated carbocycles. The molecule has 0 radical (unpaired) electrons. The molecule has 1 aromatic heterocycles. The second-order valence-corrected chi connectivity index (χ2v) is 6.19. The average molecular weight is 345 g/mol. The third-order valence-corrected chi connectivity index (χ3v) is 4.29. The Hall–Kier alpha value is -2.41. The summed E-state index contributed by atoms with van der Waals surface area (Å²) in [7, 11) is 0. The molecule has 0 spiro atoms. The molecule has 24 heavy (non-hydrogen) atoms. The molecule has 0 aliphatic heterocycles. The maximum absolute atomic E-state index is 12.5. The lowest BCUT2D eigenvalue weighted by atomic mass is 10.0. The number of hydrogen-bond acceptors (Lipinski definition) is 5. The Morgan fingerprint density at radius 1 is 1.25 bits per heavy atom. The second kappa shape index (κ2) is 7.92. The first-order chi connectivity index (χ1) is 11.4. The molecule has 2 aromatic rings. The number of rotatable bonds is 6. The number of thioether (sulfide) groups is 1. The molecule has 6 nitrogen and oxygen atoms in total. The van der Waals surface area contributed by atoms with Crippen molar-refractivity contribution in [3.8, 4) is 0 Å². The Bertz CT molecular complexity index is 747. The molecule has 7 heteroatoms. The minimum absolute atomic E-state index is 0.198. The summed E-state index contributed by atoms with van der Waals surface area (Å²) in [5.41, 5.74) is 1.65. The summed E-state index contributed by atoms with van der Waals surface area (Å²) < 4.78 is 0. The normalized spacial score (nSPS) is 11.8. The standard InChI is InChI=1S/C17H19N3O3S/c1-10-14(9-18-11(2)19-10)17(23)20-15(8-16(21)22)12-4-6-13(24-3)7-5-12/h4-7,9,15H,8H2,1-3H3,(H,20,23)(H,21,22). The third-order valence-electron chi connectivity index (χ3n) is 3.55. The number of nitrogens with one attached hydrogen (secondary N) is 1. The van der Waals surface area contributed by atoms with Gasteiger partial charge in [0, 0.05) is 11.1 Å². The van der Waals surface area contributed by atoms with Gasteiger partial charge < -0.3 is 10.4 Å². The maximum Gasteiger partial charge on any atom is 0.305 e. The van der Waals surface area contributed by atoms with Crippen LogP contribution in [0.25, 0.3) is 0 Å². The van der Waals surface area contributed by atoms with Crippen molar-refractivity contribution in [1.82, 2.24) is 15.3 Å². The first-order valence-corrected chi connectivity index (χ1v) is 8.60. The van der Waals surface area contributed by atoms with Crippen LogP contribution >= 0.6 is 11.8 Å². The third kappa shape index (κ3) is 4.55. The predicted octanol–water partition coefficient (Wildman–Crippen LogP) is 2.76. The van der Waals surface area contributed by atoms with Crippen molar-refractivity contribution < 1.29 is 14.7 Å². The quantitative estimate of drug-likeness (QED) is 0.782. The van der Waals surface area contributed by atoms with Gasteiger partial charge in [-0.1, -0.05) is 12.1 Å². The van der Waals surface area contributed by atoms with Crippen molar-refractivity contribution in [3.05, 3.63) is 53.1 Å². The highest BCUT2D eigenvalue weighted by Gasteiger charge is 2.20. The van der Waals surface area contributed by atoms with Gasteiger partial charge >= 0.3 is 5.97 Å². The molecule has 0 saturated heterocycles. The number of hydrogen-bond donors (Lipinski definition) is 2. The Balaban J connectivity index is 2.24. The van der Waals surface area contributed by atoms with Gasteiger partial charge in [-0.25, -0.2) is 9.97 Å². The average Bonchev–Trinajstić information content (AvgIpc) is 2.53. The minimum Gasteiger partial charge on any atom is -0.481 e. The zero-order valence-electron chi connectivity index (χ0n) is 13.7. The van der Waals surface area contributed by atoms with E-state index in [1.807, 2.05) is 30.5 Å². The van der Waals surface area contributed by atoms with Crippen molar-refractivity contribution in [2.45, 2.75) is 31.2 Å². The number of carboxylic acids is 1. The largest absolute Gasteiger partial charge is 0.481 e. The van der Waals surface area contributed by atoms with E-state index in [9.17, 15) is 9.59 Å². The SMILES string of the molecule is CSc1ccc(C(CC(=O)O)NC(=O)c2cnc(C)nc2C)cc1. The lowest BCUT2D eigenvalue weighted by Crippen LogP contribution is -2.31. The fourth-order valence-corrected chi connectivity index (χ4v) is 2.71. The van der Waals surface area contributed by atoms with Crippen molar-refractivity contribution >= 4 is 23.6 Å². The van der Waals surface area contributed by atoms with Crippen molar-refractivity contribution in [1.29, 1.82) is 0 Å². The predicted molar refractivity (Wildman–Crippen MR) is 92.2 cm³/mol. The number of aryl methyl sites for hydroxylation is 2. The topological polar surface area (TPSA) is 92.2 Å². The van der Waals surface area contributed by atoms with E-state index >= 15 is 0 Å². The molecule has 1 amide bonds. The summed E-state index contributed by atoms with van der Waals surface area (Å²) in [5.74, 6) is -0.780. The van der Waals surface area contributed by atoms with Crippen molar-refractivity contribution in [2.24, 2.45) is 0 Å². The number of carboxylic acid groups (broad SMARTS) is 1. The second-order valence-electron chi connectivity index (χ2n) is 5.31. The molecule has 1 aromatic carbocycles. The van der Waals surface area contributed by atoms with Gasteiger partial charge in [-0.2, -0.15) is 0 Å². The van der Waals surface area contributed by atoms with E-state index in [0.717, 1.165) is 10.5 Å². The van der Waals surface area contributed by atoms with Gasteiger partial charge in [-0.05, 0) is 37.8 Å². The van der Waals surface area contributed by atoms with Crippen LogP contribution in [-0.2, 0) is 4.79 Å². The summed E-state index contributed by atoms with van der Waals surface area (Å²) in [6, 6.07) is 6.85. The monoisotopic (exact) mass is 345 g/mol. The van der Waals surface area contributed by atoms with Crippen LogP contribution < -0.4 is 5.32 Å². The molecular weight excluding hydrogens is 326 g/mol. The fourth-order valence-electron chi connectivity index (χ4n) is 2.31. The highest BCUT2D eigenvalue weighted by Crippen LogP contribution is 2.22. The summed E-state index contributed by atoms with van der Waals surface area (Å²) in [6.07, 6.45) is 3.23. The summed E-state index contributed by atoms with van der Waals surface area (Å²) in [5, 5.41) is 11.9. The molecule has 1 atom stereocenters. The van der Waals surface area contributed by atoms with E-state index in [1.54, 1.807) is 25.6 Å². The number of amides is 1. The molecule has 2 rings (SSSR count). The smallest absolute Gasteiger partial charge is 0.305 e. The van der Waals surface area contributed by atoms with Gasteiger partial charge in [0.1, 0.15) is 5.82 Å². The summed E-state index contributed by atoms with van der Waals surface area (Å²) >= 11 is 1.60. The molecule has 126 valence electrons. The number of aliphatic carboxylic acids is 1. The first-order valence-electron chi connectivity index (χ1n) is 7.37. The highest BCUT2D eigenvalue weighted by molar-refractivity contribution is 7.98. The Kier molecular flexibility index (Phi) is 5.92. The lowest BCUT2D eigenvalue weighted by molar-refractivity contribution is -0.137. The van der Waals surface area contributed by atoms with Gasteiger partial charge in [0.15, 0.2) is 0 Å². The molecule has 1 unspecified atom stereocenters. The van der Waals surface area contributed by atoms with Crippen molar-refractivity contribution in [3.63, 3.8) is 0 Å². The number of benzene rings is 1. The summed E-state index contributed by atoms with van der Waals surface area (Å²) in [6.45, 7) is 3.47. The molecule has 0 aliphatic carbocycles. The van der Waals surface area contributed by atoms with Crippen LogP contribution in [0, 0.1) is 13.8 Å². The van der Waals surface area contributed by atoms with Gasteiger partial charge in [0.05, 0.1) is 23.7 Å². The van der Waals surface area contributed by atoms with Crippen LogP contribution in [0.2, 0.25) is 0 Å². The van der Waals surface area contributed by atoms with Gasteiger partial charge in [0.2, 0.25) is 0 Å². The van der Waals surface area contributed by atoms with Crippen LogP contribution in [0.3, 0.4) is 0 Å². The Labute approximate surface area is 144 Å². The first kappa shape index (κ1) is 17.9. The zero-order chi connectivity index (χ0) is 17.7. The minimum atomic E-state index is -0.980. The van der Waals surface area contributed by atoms with Gasteiger partial charge in [-0.3, -0.25) is 9.59 Å². The molecule has 2 N–H and O–H groups in total. The van der Waals surface area contributed by atoms with Crippen LogP contribution in [0.1, 0.15) is 39.9 Å². The maximum atomic E-state index is 12.5. The molecular formula is C17H19N3O3S. The highest BCUT2D eigenvalue weighted by atomic mass is 32.2. The van der Waals surface area contributed by atoms with Crippen molar-refractivity contribution in [2.75, 3.05) is 6.26 Å².